The van der Waals surface area contributed by atoms with E-state index in [1.807, 2.05) is 65.6 Å². The summed E-state index contributed by atoms with van der Waals surface area (Å²) in [6.07, 6.45) is 0.264. The van der Waals surface area contributed by atoms with Gasteiger partial charge in [0, 0.05) is 55.6 Å². The number of para-hydroxylation sites is 2. The first-order chi connectivity index (χ1) is 17.6. The van der Waals surface area contributed by atoms with Crippen molar-refractivity contribution in [3.05, 3.63) is 99.8 Å². The maximum atomic E-state index is 13.4. The molecule has 5 rings (SSSR count). The van der Waals surface area contributed by atoms with Crippen molar-refractivity contribution in [2.75, 3.05) is 31.1 Å². The van der Waals surface area contributed by atoms with E-state index in [9.17, 15) is 9.59 Å². The molecule has 1 amide bonds. The van der Waals surface area contributed by atoms with Crippen molar-refractivity contribution in [1.82, 2.24) is 14.5 Å². The van der Waals surface area contributed by atoms with E-state index in [1.165, 1.54) is 17.4 Å². The SMILES string of the molecule is O=C(CCn1c(SCc2ccc(Cl)cc2)nc2ccccc2c1=O)N1CCN(c2ccccc2)CC1. The largest absolute Gasteiger partial charge is 0.368 e. The molecule has 0 radical (unpaired) electrons. The number of thioether (sulfide) groups is 1. The molecule has 1 aliphatic heterocycles. The lowest BCUT2D eigenvalue weighted by Gasteiger charge is -2.36. The number of halogens is 1. The Morgan fingerprint density at radius 3 is 2.33 bits per heavy atom. The average molecular weight is 519 g/mol. The standard InChI is InChI=1S/C28H27ClN4O2S/c29-22-12-10-21(11-13-22)20-36-28-30-25-9-5-4-8-24(25)27(35)33(28)15-14-26(34)32-18-16-31(17-19-32)23-6-2-1-3-7-23/h1-13H,14-20H2. The van der Waals surface area contributed by atoms with E-state index in [0.717, 1.165) is 18.7 Å². The smallest absolute Gasteiger partial charge is 0.262 e. The fourth-order valence-corrected chi connectivity index (χ4v) is 5.51. The number of carbonyl (C=O) groups excluding carboxylic acids is 1. The zero-order valence-corrected chi connectivity index (χ0v) is 21.4. The maximum Gasteiger partial charge on any atom is 0.262 e. The van der Waals surface area contributed by atoms with Crippen molar-refractivity contribution in [3.63, 3.8) is 0 Å². The topological polar surface area (TPSA) is 58.4 Å². The highest BCUT2D eigenvalue weighted by molar-refractivity contribution is 7.98. The van der Waals surface area contributed by atoms with Crippen LogP contribution in [-0.2, 0) is 17.1 Å². The Labute approximate surface area is 219 Å². The maximum absolute atomic E-state index is 13.4. The number of anilines is 1. The van der Waals surface area contributed by atoms with Crippen LogP contribution in [0.4, 0.5) is 5.69 Å². The second-order valence-electron chi connectivity index (χ2n) is 8.74. The van der Waals surface area contributed by atoms with Gasteiger partial charge in [0.15, 0.2) is 5.16 Å². The number of fused-ring (bicyclic) bond motifs is 1. The first kappa shape index (κ1) is 24.4. The van der Waals surface area contributed by atoms with Gasteiger partial charge in [0.25, 0.3) is 5.56 Å². The Morgan fingerprint density at radius 1 is 0.889 bits per heavy atom. The number of aromatic nitrogens is 2. The summed E-state index contributed by atoms with van der Waals surface area (Å²) >= 11 is 7.51. The van der Waals surface area contributed by atoms with Gasteiger partial charge in [-0.05, 0) is 42.0 Å². The monoisotopic (exact) mass is 518 g/mol. The van der Waals surface area contributed by atoms with Crippen molar-refractivity contribution in [2.24, 2.45) is 0 Å². The summed E-state index contributed by atoms with van der Waals surface area (Å²) in [5, 5.41) is 1.88. The molecule has 0 atom stereocenters. The van der Waals surface area contributed by atoms with E-state index in [0.29, 0.717) is 46.5 Å². The van der Waals surface area contributed by atoms with Gasteiger partial charge in [-0.25, -0.2) is 4.98 Å². The third kappa shape index (κ3) is 5.58. The van der Waals surface area contributed by atoms with E-state index < -0.39 is 0 Å². The summed E-state index contributed by atoms with van der Waals surface area (Å²) in [5.74, 6) is 0.716. The highest BCUT2D eigenvalue weighted by Crippen LogP contribution is 2.24. The van der Waals surface area contributed by atoms with Crippen molar-refractivity contribution in [3.8, 4) is 0 Å². The Balaban J connectivity index is 1.28. The molecule has 1 aliphatic rings. The van der Waals surface area contributed by atoms with Crippen LogP contribution >= 0.6 is 23.4 Å². The van der Waals surface area contributed by atoms with Gasteiger partial charge in [-0.2, -0.15) is 0 Å². The quantitative estimate of drug-likeness (QED) is 0.252. The molecule has 0 N–H and O–H groups in total. The minimum Gasteiger partial charge on any atom is -0.368 e. The Kier molecular flexibility index (Phi) is 7.58. The number of benzene rings is 3. The molecule has 0 bridgehead atoms. The molecule has 1 fully saturated rings. The van der Waals surface area contributed by atoms with Gasteiger partial charge in [-0.1, -0.05) is 65.8 Å². The van der Waals surface area contributed by atoms with Gasteiger partial charge < -0.3 is 9.80 Å². The summed E-state index contributed by atoms with van der Waals surface area (Å²) in [4.78, 5) is 35.4. The second kappa shape index (κ2) is 11.2. The minimum atomic E-state index is -0.110. The number of hydrogen-bond donors (Lipinski definition) is 0. The molecule has 8 heteroatoms. The predicted molar refractivity (Wildman–Crippen MR) is 147 cm³/mol. The van der Waals surface area contributed by atoms with E-state index in [4.69, 9.17) is 16.6 Å². The Bertz CT molecular complexity index is 1400. The molecule has 6 nitrogen and oxygen atoms in total. The van der Waals surface area contributed by atoms with Crippen molar-refractivity contribution >= 4 is 45.9 Å². The zero-order valence-electron chi connectivity index (χ0n) is 19.8. The van der Waals surface area contributed by atoms with Crippen LogP contribution in [0.3, 0.4) is 0 Å². The van der Waals surface area contributed by atoms with Crippen LogP contribution < -0.4 is 10.5 Å². The molecule has 2 heterocycles. The molecule has 0 aliphatic carbocycles. The predicted octanol–water partition coefficient (Wildman–Crippen LogP) is 5.08. The highest BCUT2D eigenvalue weighted by atomic mass is 35.5. The lowest BCUT2D eigenvalue weighted by atomic mass is 10.2. The van der Waals surface area contributed by atoms with Crippen LogP contribution in [0.15, 0.2) is 88.8 Å². The number of piperazine rings is 1. The van der Waals surface area contributed by atoms with Gasteiger partial charge >= 0.3 is 0 Å². The van der Waals surface area contributed by atoms with Crippen LogP contribution in [0.1, 0.15) is 12.0 Å². The molecule has 4 aromatic rings. The third-order valence-electron chi connectivity index (χ3n) is 6.41. The minimum absolute atomic E-state index is 0.0661. The van der Waals surface area contributed by atoms with Crippen LogP contribution in [0.2, 0.25) is 5.02 Å². The molecule has 1 aromatic heterocycles. The normalized spacial score (nSPS) is 13.8. The molecule has 0 saturated carbocycles. The first-order valence-corrected chi connectivity index (χ1v) is 13.4. The summed E-state index contributed by atoms with van der Waals surface area (Å²) in [6.45, 7) is 3.26. The molecule has 0 spiro atoms. The number of hydrogen-bond acceptors (Lipinski definition) is 5. The van der Waals surface area contributed by atoms with E-state index >= 15 is 0 Å². The molecule has 0 unspecified atom stereocenters. The first-order valence-electron chi connectivity index (χ1n) is 12.0. The molecule has 184 valence electrons. The fourth-order valence-electron chi connectivity index (χ4n) is 4.40. The van der Waals surface area contributed by atoms with E-state index in [2.05, 4.69) is 17.0 Å². The summed E-state index contributed by atoms with van der Waals surface area (Å²) < 4.78 is 1.65. The summed E-state index contributed by atoms with van der Waals surface area (Å²) in [6, 6.07) is 25.3. The molecule has 1 saturated heterocycles. The molecule has 3 aromatic carbocycles. The molecule has 36 heavy (non-hydrogen) atoms. The number of amides is 1. The van der Waals surface area contributed by atoms with Crippen LogP contribution in [0.5, 0.6) is 0 Å². The summed E-state index contributed by atoms with van der Waals surface area (Å²) in [5.41, 5.74) is 2.83. The van der Waals surface area contributed by atoms with Crippen molar-refractivity contribution in [2.45, 2.75) is 23.9 Å². The number of carbonyl (C=O) groups is 1. The lowest BCUT2D eigenvalue weighted by molar-refractivity contribution is -0.131. The van der Waals surface area contributed by atoms with E-state index in [1.54, 1.807) is 10.6 Å². The molecular formula is C28H27ClN4O2S. The zero-order chi connectivity index (χ0) is 24.9. The Morgan fingerprint density at radius 2 is 1.58 bits per heavy atom. The van der Waals surface area contributed by atoms with Gasteiger partial charge in [-0.15, -0.1) is 0 Å². The summed E-state index contributed by atoms with van der Waals surface area (Å²) in [7, 11) is 0. The van der Waals surface area contributed by atoms with Crippen LogP contribution in [0, 0.1) is 0 Å². The van der Waals surface area contributed by atoms with Crippen LogP contribution in [-0.4, -0.2) is 46.5 Å². The van der Waals surface area contributed by atoms with Gasteiger partial charge in [0.05, 0.1) is 10.9 Å². The third-order valence-corrected chi connectivity index (χ3v) is 7.71. The highest BCUT2D eigenvalue weighted by Gasteiger charge is 2.22. The number of nitrogens with zero attached hydrogens (tertiary/aromatic N) is 4. The average Bonchev–Trinajstić information content (AvgIpc) is 2.93. The number of rotatable bonds is 7. The fraction of sp³-hybridized carbons (Fsp3) is 0.250. The Hall–Kier alpha value is -3.29. The van der Waals surface area contributed by atoms with Crippen LogP contribution in [0.25, 0.3) is 10.9 Å². The van der Waals surface area contributed by atoms with Gasteiger partial charge in [-0.3, -0.25) is 14.2 Å². The second-order valence-corrected chi connectivity index (χ2v) is 10.1. The van der Waals surface area contributed by atoms with Crippen molar-refractivity contribution < 1.29 is 4.79 Å². The molecular weight excluding hydrogens is 492 g/mol. The van der Waals surface area contributed by atoms with Crippen molar-refractivity contribution in [1.29, 1.82) is 0 Å². The van der Waals surface area contributed by atoms with E-state index in [-0.39, 0.29) is 17.9 Å². The van der Waals surface area contributed by atoms with Gasteiger partial charge in [0.2, 0.25) is 5.91 Å². The van der Waals surface area contributed by atoms with Gasteiger partial charge in [0.1, 0.15) is 0 Å². The lowest BCUT2D eigenvalue weighted by Crippen LogP contribution is -2.49.